The van der Waals surface area contributed by atoms with Gasteiger partial charge in [0.1, 0.15) is 12.2 Å². The molecule has 2 rings (SSSR count). The van der Waals surface area contributed by atoms with Crippen LogP contribution in [-0.4, -0.2) is 20.7 Å². The number of carbonyl (C=O) groups is 1. The largest absolute Gasteiger partial charge is 0.310 e. The average Bonchev–Trinajstić information content (AvgIpc) is 2.70. The van der Waals surface area contributed by atoms with Gasteiger partial charge in [0.15, 0.2) is 5.82 Å². The molecule has 0 atom stereocenters. The number of nitrogens with one attached hydrogen (secondary N) is 1. The Hall–Kier alpha value is -2.10. The molecule has 0 aliphatic rings. The summed E-state index contributed by atoms with van der Waals surface area (Å²) in [5, 5.41) is 16.0. The SMILES string of the molecule is Cc1cc(NC(=O)CC#N)n(-c2ncc(Cl)cc2Cl)n1. The lowest BCUT2D eigenvalue weighted by Crippen LogP contribution is -2.14. The minimum atomic E-state index is -0.432. The highest BCUT2D eigenvalue weighted by molar-refractivity contribution is 6.35. The summed E-state index contributed by atoms with van der Waals surface area (Å²) < 4.78 is 1.39. The molecule has 1 amide bonds. The maximum atomic E-state index is 11.5. The zero-order chi connectivity index (χ0) is 14.7. The van der Waals surface area contributed by atoms with Crippen molar-refractivity contribution in [3.05, 3.63) is 34.1 Å². The molecule has 8 heteroatoms. The van der Waals surface area contributed by atoms with Gasteiger partial charge in [-0.05, 0) is 13.0 Å². The molecular weight excluding hydrogens is 301 g/mol. The Morgan fingerprint density at radius 1 is 1.50 bits per heavy atom. The normalized spacial score (nSPS) is 10.1. The van der Waals surface area contributed by atoms with E-state index in [-0.39, 0.29) is 6.42 Å². The number of rotatable bonds is 3. The van der Waals surface area contributed by atoms with Crippen LogP contribution in [0, 0.1) is 18.3 Å². The van der Waals surface area contributed by atoms with Crippen molar-refractivity contribution in [1.82, 2.24) is 14.8 Å². The number of halogens is 2. The molecule has 1 N–H and O–H groups in total. The molecule has 102 valence electrons. The minimum Gasteiger partial charge on any atom is -0.310 e. The summed E-state index contributed by atoms with van der Waals surface area (Å²) in [4.78, 5) is 15.6. The van der Waals surface area contributed by atoms with E-state index < -0.39 is 5.91 Å². The molecule has 6 nitrogen and oxygen atoms in total. The van der Waals surface area contributed by atoms with Crippen molar-refractivity contribution in [2.24, 2.45) is 0 Å². The van der Waals surface area contributed by atoms with Crippen LogP contribution in [0.3, 0.4) is 0 Å². The first-order chi connectivity index (χ1) is 9.51. The van der Waals surface area contributed by atoms with E-state index in [4.69, 9.17) is 28.5 Å². The molecule has 0 unspecified atom stereocenters. The Morgan fingerprint density at radius 2 is 2.25 bits per heavy atom. The molecule has 0 spiro atoms. The fraction of sp³-hybridized carbons (Fsp3) is 0.167. The van der Waals surface area contributed by atoms with Crippen LogP contribution in [0.5, 0.6) is 0 Å². The van der Waals surface area contributed by atoms with Crippen molar-refractivity contribution in [2.45, 2.75) is 13.3 Å². The van der Waals surface area contributed by atoms with Gasteiger partial charge in [-0.1, -0.05) is 23.2 Å². The quantitative estimate of drug-likeness (QED) is 0.944. The number of anilines is 1. The molecule has 0 aliphatic carbocycles. The van der Waals surface area contributed by atoms with Crippen LogP contribution >= 0.6 is 23.2 Å². The predicted octanol–water partition coefficient (Wildman–Crippen LogP) is 2.73. The van der Waals surface area contributed by atoms with Crippen LogP contribution in [0.25, 0.3) is 5.82 Å². The lowest BCUT2D eigenvalue weighted by atomic mass is 10.4. The van der Waals surface area contributed by atoms with Crippen LogP contribution in [0.15, 0.2) is 18.3 Å². The summed E-state index contributed by atoms with van der Waals surface area (Å²) in [6.45, 7) is 1.76. The summed E-state index contributed by atoms with van der Waals surface area (Å²) in [6.07, 6.45) is 1.19. The van der Waals surface area contributed by atoms with E-state index in [9.17, 15) is 4.79 Å². The van der Waals surface area contributed by atoms with Gasteiger partial charge in [-0.25, -0.2) is 4.98 Å². The lowest BCUT2D eigenvalue weighted by Gasteiger charge is -2.08. The Kier molecular flexibility index (Phi) is 4.23. The van der Waals surface area contributed by atoms with E-state index in [1.807, 2.05) is 0 Å². The number of nitrogens with zero attached hydrogens (tertiary/aromatic N) is 4. The Balaban J connectivity index is 2.42. The summed E-state index contributed by atoms with van der Waals surface area (Å²) in [5.74, 6) is 0.301. The van der Waals surface area contributed by atoms with Gasteiger partial charge in [0.25, 0.3) is 0 Å². The number of amides is 1. The third kappa shape index (κ3) is 3.07. The van der Waals surface area contributed by atoms with Crippen molar-refractivity contribution in [2.75, 3.05) is 5.32 Å². The fourth-order valence-electron chi connectivity index (χ4n) is 1.57. The first kappa shape index (κ1) is 14.3. The zero-order valence-electron chi connectivity index (χ0n) is 10.4. The van der Waals surface area contributed by atoms with Gasteiger partial charge in [0.2, 0.25) is 5.91 Å². The molecule has 0 aliphatic heterocycles. The number of hydrogen-bond donors (Lipinski definition) is 1. The average molecular weight is 310 g/mol. The summed E-state index contributed by atoms with van der Waals surface area (Å²) >= 11 is 11.9. The predicted molar refractivity (Wildman–Crippen MR) is 75.0 cm³/mol. The van der Waals surface area contributed by atoms with E-state index in [0.717, 1.165) is 0 Å². The van der Waals surface area contributed by atoms with Crippen LogP contribution < -0.4 is 5.32 Å². The molecule has 0 radical (unpaired) electrons. The summed E-state index contributed by atoms with van der Waals surface area (Å²) in [7, 11) is 0. The van der Waals surface area contributed by atoms with Gasteiger partial charge in [0, 0.05) is 12.3 Å². The van der Waals surface area contributed by atoms with Crippen LogP contribution in [-0.2, 0) is 4.79 Å². The van der Waals surface area contributed by atoms with Gasteiger partial charge in [-0.2, -0.15) is 15.0 Å². The molecule has 2 aromatic rings. The van der Waals surface area contributed by atoms with E-state index in [1.165, 1.54) is 16.9 Å². The number of carbonyl (C=O) groups excluding carboxylic acids is 1. The molecule has 0 saturated heterocycles. The van der Waals surface area contributed by atoms with Crippen molar-refractivity contribution in [3.8, 4) is 11.9 Å². The second kappa shape index (κ2) is 5.90. The number of pyridine rings is 1. The van der Waals surface area contributed by atoms with Crippen molar-refractivity contribution in [1.29, 1.82) is 5.26 Å². The number of nitriles is 1. The topological polar surface area (TPSA) is 83.6 Å². The second-order valence-electron chi connectivity index (χ2n) is 3.92. The van der Waals surface area contributed by atoms with E-state index in [2.05, 4.69) is 15.4 Å². The smallest absolute Gasteiger partial charge is 0.239 e. The highest BCUT2D eigenvalue weighted by Gasteiger charge is 2.14. The molecular formula is C12H9Cl2N5O. The van der Waals surface area contributed by atoms with Gasteiger partial charge < -0.3 is 5.32 Å². The van der Waals surface area contributed by atoms with Gasteiger partial charge >= 0.3 is 0 Å². The van der Waals surface area contributed by atoms with Gasteiger partial charge in [0.05, 0.1) is 21.8 Å². The number of aromatic nitrogens is 3. The molecule has 0 fully saturated rings. The van der Waals surface area contributed by atoms with Crippen LogP contribution in [0.4, 0.5) is 5.82 Å². The number of hydrogen-bond acceptors (Lipinski definition) is 4. The first-order valence-corrected chi connectivity index (χ1v) is 6.31. The summed E-state index contributed by atoms with van der Waals surface area (Å²) in [5.41, 5.74) is 0.671. The molecule has 2 heterocycles. The van der Waals surface area contributed by atoms with Crippen molar-refractivity contribution >= 4 is 34.9 Å². The van der Waals surface area contributed by atoms with Crippen molar-refractivity contribution in [3.63, 3.8) is 0 Å². The molecule has 0 aromatic carbocycles. The Labute approximate surface area is 124 Å². The maximum absolute atomic E-state index is 11.5. The highest BCUT2D eigenvalue weighted by atomic mass is 35.5. The lowest BCUT2D eigenvalue weighted by molar-refractivity contribution is -0.115. The first-order valence-electron chi connectivity index (χ1n) is 5.56. The maximum Gasteiger partial charge on any atom is 0.239 e. The van der Waals surface area contributed by atoms with Gasteiger partial charge in [-0.3, -0.25) is 4.79 Å². The van der Waals surface area contributed by atoms with Gasteiger partial charge in [-0.15, -0.1) is 0 Å². The third-order valence-electron chi connectivity index (χ3n) is 2.33. The standard InChI is InChI=1S/C12H9Cl2N5O/c1-7-4-10(17-11(20)2-3-15)19(18-7)12-9(14)5-8(13)6-16-12/h4-6H,2H2,1H3,(H,17,20). The van der Waals surface area contributed by atoms with Crippen molar-refractivity contribution < 1.29 is 4.79 Å². The zero-order valence-corrected chi connectivity index (χ0v) is 11.9. The number of aryl methyl sites for hydroxylation is 1. The molecule has 2 aromatic heterocycles. The molecule has 0 saturated carbocycles. The van der Waals surface area contributed by atoms with E-state index in [1.54, 1.807) is 19.1 Å². The van der Waals surface area contributed by atoms with Crippen LogP contribution in [0.1, 0.15) is 12.1 Å². The van der Waals surface area contributed by atoms with Crippen LogP contribution in [0.2, 0.25) is 10.0 Å². The molecule has 20 heavy (non-hydrogen) atoms. The van der Waals surface area contributed by atoms with E-state index in [0.29, 0.717) is 27.4 Å². The minimum absolute atomic E-state index is 0.244. The Morgan fingerprint density at radius 3 is 2.90 bits per heavy atom. The second-order valence-corrected chi connectivity index (χ2v) is 4.77. The molecule has 0 bridgehead atoms. The summed E-state index contributed by atoms with van der Waals surface area (Å²) in [6, 6.07) is 4.96. The monoisotopic (exact) mass is 309 g/mol. The highest BCUT2D eigenvalue weighted by Crippen LogP contribution is 2.24. The fourth-order valence-corrected chi connectivity index (χ4v) is 2.03. The Bertz CT molecular complexity index is 704. The van der Waals surface area contributed by atoms with E-state index >= 15 is 0 Å². The third-order valence-corrected chi connectivity index (χ3v) is 2.81.